The highest BCUT2D eigenvalue weighted by Gasteiger charge is 2.40. The standard InChI is InChI=1S/C10H9NO5/c12-6-3-1-5(2-4-6)8-7(9(13)14)11-10(15)16-8/h1-4,7-8,12H,(H,11,15)(H,13,14)/t7-,8-/m1/s1. The lowest BCUT2D eigenvalue weighted by Crippen LogP contribution is -2.35. The Morgan fingerprint density at radius 3 is 2.50 bits per heavy atom. The Hall–Kier alpha value is -2.24. The number of benzene rings is 1. The van der Waals surface area contributed by atoms with E-state index in [1.807, 2.05) is 0 Å². The van der Waals surface area contributed by atoms with Crippen LogP contribution in [0.1, 0.15) is 11.7 Å². The first-order valence-corrected chi connectivity index (χ1v) is 4.57. The highest BCUT2D eigenvalue weighted by Crippen LogP contribution is 2.27. The normalized spacial score (nSPS) is 23.6. The molecule has 1 aromatic carbocycles. The van der Waals surface area contributed by atoms with Crippen molar-refractivity contribution < 1.29 is 24.5 Å². The van der Waals surface area contributed by atoms with Gasteiger partial charge in [0, 0.05) is 0 Å². The number of hydrogen-bond donors (Lipinski definition) is 3. The zero-order valence-electron chi connectivity index (χ0n) is 8.08. The lowest BCUT2D eigenvalue weighted by atomic mass is 10.0. The molecule has 1 amide bonds. The predicted molar refractivity (Wildman–Crippen MR) is 51.9 cm³/mol. The van der Waals surface area contributed by atoms with E-state index in [2.05, 4.69) is 5.32 Å². The van der Waals surface area contributed by atoms with Crippen molar-refractivity contribution in [2.75, 3.05) is 0 Å². The van der Waals surface area contributed by atoms with Gasteiger partial charge in [-0.25, -0.2) is 9.59 Å². The van der Waals surface area contributed by atoms with Crippen LogP contribution in [0.25, 0.3) is 0 Å². The van der Waals surface area contributed by atoms with E-state index in [-0.39, 0.29) is 5.75 Å². The molecule has 1 saturated heterocycles. The Morgan fingerprint density at radius 1 is 1.31 bits per heavy atom. The lowest BCUT2D eigenvalue weighted by Gasteiger charge is -2.13. The van der Waals surface area contributed by atoms with Gasteiger partial charge in [0.25, 0.3) is 0 Å². The van der Waals surface area contributed by atoms with Crippen LogP contribution >= 0.6 is 0 Å². The summed E-state index contributed by atoms with van der Waals surface area (Å²) in [5, 5.41) is 20.2. The second-order valence-corrected chi connectivity index (χ2v) is 3.38. The first kappa shape index (κ1) is 10.3. The Labute approximate surface area is 90.5 Å². The third-order valence-electron chi connectivity index (χ3n) is 2.30. The molecule has 1 fully saturated rings. The van der Waals surface area contributed by atoms with Gasteiger partial charge in [0.2, 0.25) is 0 Å². The summed E-state index contributed by atoms with van der Waals surface area (Å²) in [5.74, 6) is -1.10. The van der Waals surface area contributed by atoms with Gasteiger partial charge in [-0.05, 0) is 17.7 Å². The molecule has 1 heterocycles. The van der Waals surface area contributed by atoms with Crippen molar-refractivity contribution in [3.63, 3.8) is 0 Å². The van der Waals surface area contributed by atoms with Crippen LogP contribution in [0.4, 0.5) is 4.79 Å². The van der Waals surface area contributed by atoms with Gasteiger partial charge < -0.3 is 20.3 Å². The first-order valence-electron chi connectivity index (χ1n) is 4.57. The molecule has 1 aliphatic heterocycles. The number of rotatable bonds is 2. The zero-order valence-corrected chi connectivity index (χ0v) is 8.08. The number of aromatic hydroxyl groups is 1. The number of alkyl carbamates (subject to hydrolysis) is 1. The molecule has 0 bridgehead atoms. The van der Waals surface area contributed by atoms with Gasteiger partial charge in [-0.2, -0.15) is 0 Å². The van der Waals surface area contributed by atoms with Crippen LogP contribution in [0.2, 0.25) is 0 Å². The molecule has 16 heavy (non-hydrogen) atoms. The molecular weight excluding hydrogens is 214 g/mol. The maximum Gasteiger partial charge on any atom is 0.408 e. The van der Waals surface area contributed by atoms with Crippen LogP contribution in [0.5, 0.6) is 5.75 Å². The number of nitrogens with one attached hydrogen (secondary N) is 1. The fraction of sp³-hybridized carbons (Fsp3) is 0.200. The minimum absolute atomic E-state index is 0.0629. The molecule has 0 unspecified atom stereocenters. The van der Waals surface area contributed by atoms with E-state index in [1.54, 1.807) is 0 Å². The maximum absolute atomic E-state index is 11.0. The molecule has 0 saturated carbocycles. The van der Waals surface area contributed by atoms with E-state index in [9.17, 15) is 9.59 Å². The minimum Gasteiger partial charge on any atom is -0.508 e. The van der Waals surface area contributed by atoms with E-state index in [1.165, 1.54) is 24.3 Å². The van der Waals surface area contributed by atoms with Crippen molar-refractivity contribution in [3.8, 4) is 5.75 Å². The quantitative estimate of drug-likeness (QED) is 0.683. The molecular formula is C10H9NO5. The van der Waals surface area contributed by atoms with Gasteiger partial charge in [-0.3, -0.25) is 0 Å². The van der Waals surface area contributed by atoms with Crippen LogP contribution in [0.3, 0.4) is 0 Å². The van der Waals surface area contributed by atoms with Crippen LogP contribution in [-0.2, 0) is 9.53 Å². The largest absolute Gasteiger partial charge is 0.508 e. The van der Waals surface area contributed by atoms with E-state index in [0.717, 1.165) is 0 Å². The predicted octanol–water partition coefficient (Wildman–Crippen LogP) is 0.626. The number of phenols is 1. The van der Waals surface area contributed by atoms with Crippen molar-refractivity contribution in [1.82, 2.24) is 5.32 Å². The molecule has 0 aromatic heterocycles. The number of ether oxygens (including phenoxy) is 1. The number of aliphatic carboxylic acids is 1. The average Bonchev–Trinajstić information content (AvgIpc) is 2.61. The maximum atomic E-state index is 11.0. The number of hydrogen-bond acceptors (Lipinski definition) is 4. The van der Waals surface area contributed by atoms with Crippen LogP contribution in [-0.4, -0.2) is 28.3 Å². The number of amides is 1. The number of carbonyl (C=O) groups excluding carboxylic acids is 1. The molecule has 6 nitrogen and oxygen atoms in total. The van der Waals surface area contributed by atoms with Gasteiger partial charge >= 0.3 is 12.1 Å². The Bertz CT molecular complexity index is 427. The highest BCUT2D eigenvalue weighted by atomic mass is 16.6. The van der Waals surface area contributed by atoms with Gasteiger partial charge in [0.1, 0.15) is 5.75 Å². The van der Waals surface area contributed by atoms with Crippen molar-refractivity contribution in [1.29, 1.82) is 0 Å². The van der Waals surface area contributed by atoms with Crippen molar-refractivity contribution in [3.05, 3.63) is 29.8 Å². The van der Waals surface area contributed by atoms with Crippen molar-refractivity contribution in [2.24, 2.45) is 0 Å². The summed E-state index contributed by atoms with van der Waals surface area (Å²) < 4.78 is 4.85. The number of cyclic esters (lactones) is 1. The van der Waals surface area contributed by atoms with E-state index in [4.69, 9.17) is 14.9 Å². The fourth-order valence-electron chi connectivity index (χ4n) is 1.54. The summed E-state index contributed by atoms with van der Waals surface area (Å²) in [7, 11) is 0. The van der Waals surface area contributed by atoms with Crippen molar-refractivity contribution >= 4 is 12.1 Å². The first-order chi connectivity index (χ1) is 7.58. The summed E-state index contributed by atoms with van der Waals surface area (Å²) in [6.45, 7) is 0. The Balaban J connectivity index is 2.28. The number of phenolic OH excluding ortho intramolecular Hbond substituents is 1. The average molecular weight is 223 g/mol. The summed E-state index contributed by atoms with van der Waals surface area (Å²) in [6.07, 6.45) is -1.63. The number of carboxylic acid groups (broad SMARTS) is 1. The van der Waals surface area contributed by atoms with Crippen molar-refractivity contribution in [2.45, 2.75) is 12.1 Å². The molecule has 6 heteroatoms. The Kier molecular flexibility index (Phi) is 2.40. The van der Waals surface area contributed by atoms with Gasteiger partial charge in [-0.15, -0.1) is 0 Å². The summed E-state index contributed by atoms with van der Waals surface area (Å²) in [4.78, 5) is 21.8. The monoisotopic (exact) mass is 223 g/mol. The van der Waals surface area contributed by atoms with E-state index >= 15 is 0 Å². The smallest absolute Gasteiger partial charge is 0.408 e. The molecule has 3 N–H and O–H groups in total. The van der Waals surface area contributed by atoms with Crippen LogP contribution in [0, 0.1) is 0 Å². The molecule has 0 radical (unpaired) electrons. The van der Waals surface area contributed by atoms with Gasteiger partial charge in [0.15, 0.2) is 12.1 Å². The molecule has 2 rings (SSSR count). The summed E-state index contributed by atoms with van der Waals surface area (Å²) >= 11 is 0. The number of carbonyl (C=O) groups is 2. The molecule has 84 valence electrons. The minimum atomic E-state index is -1.16. The summed E-state index contributed by atoms with van der Waals surface area (Å²) in [5.41, 5.74) is 0.517. The summed E-state index contributed by atoms with van der Waals surface area (Å²) in [6, 6.07) is 4.73. The molecule has 0 spiro atoms. The molecule has 1 aromatic rings. The fourth-order valence-corrected chi connectivity index (χ4v) is 1.54. The van der Waals surface area contributed by atoms with Crippen LogP contribution < -0.4 is 5.32 Å². The third-order valence-corrected chi connectivity index (χ3v) is 2.30. The molecule has 0 aliphatic carbocycles. The highest BCUT2D eigenvalue weighted by molar-refractivity contribution is 5.84. The zero-order chi connectivity index (χ0) is 11.7. The number of carboxylic acids is 1. The topological polar surface area (TPSA) is 95.9 Å². The van der Waals surface area contributed by atoms with Gasteiger partial charge in [-0.1, -0.05) is 12.1 Å². The molecule has 1 aliphatic rings. The Morgan fingerprint density at radius 2 is 1.94 bits per heavy atom. The lowest BCUT2D eigenvalue weighted by molar-refractivity contribution is -0.140. The third kappa shape index (κ3) is 1.77. The van der Waals surface area contributed by atoms with E-state index in [0.29, 0.717) is 5.56 Å². The second kappa shape index (κ2) is 3.73. The SMILES string of the molecule is O=C1N[C@@H](C(=O)O)[C@@H](c2ccc(O)cc2)O1. The van der Waals surface area contributed by atoms with Crippen LogP contribution in [0.15, 0.2) is 24.3 Å². The van der Waals surface area contributed by atoms with Gasteiger partial charge in [0.05, 0.1) is 0 Å². The second-order valence-electron chi connectivity index (χ2n) is 3.38. The van der Waals surface area contributed by atoms with E-state index < -0.39 is 24.2 Å². The molecule has 2 atom stereocenters.